The van der Waals surface area contributed by atoms with Crippen molar-refractivity contribution >= 4 is 16.9 Å². The monoisotopic (exact) mass is 347 g/mol. The van der Waals surface area contributed by atoms with Gasteiger partial charge in [0.15, 0.2) is 0 Å². The van der Waals surface area contributed by atoms with Crippen LogP contribution in [0.3, 0.4) is 0 Å². The standard InChI is InChI=1S/C22H25N3O/c26-22(12-6-9-18-7-2-1-3-8-18)24-15-13-19(14-16-24)25-17-23-20-10-4-5-11-21(20)25/h1-5,7-8,10-11,17,19H,6,9,12-16H2. The number of carbonyl (C=O) groups excluding carboxylic acids is 1. The minimum absolute atomic E-state index is 0.301. The van der Waals surface area contributed by atoms with Crippen LogP contribution in [0, 0.1) is 0 Å². The van der Waals surface area contributed by atoms with Crippen molar-refractivity contribution < 1.29 is 4.79 Å². The second kappa shape index (κ2) is 7.73. The molecule has 0 atom stereocenters. The molecule has 0 radical (unpaired) electrons. The maximum absolute atomic E-state index is 12.5. The van der Waals surface area contributed by atoms with Gasteiger partial charge in [-0.1, -0.05) is 42.5 Å². The molecule has 0 spiro atoms. The number of hydrogen-bond acceptors (Lipinski definition) is 2. The van der Waals surface area contributed by atoms with E-state index < -0.39 is 0 Å². The number of likely N-dealkylation sites (tertiary alicyclic amines) is 1. The molecule has 4 nitrogen and oxygen atoms in total. The molecule has 1 amide bonds. The topological polar surface area (TPSA) is 38.1 Å². The Hall–Kier alpha value is -2.62. The number of piperidine rings is 1. The maximum Gasteiger partial charge on any atom is 0.222 e. The van der Waals surface area contributed by atoms with Crippen LogP contribution in [0.5, 0.6) is 0 Å². The van der Waals surface area contributed by atoms with Gasteiger partial charge in [-0.2, -0.15) is 0 Å². The number of imidazole rings is 1. The van der Waals surface area contributed by atoms with Crippen molar-refractivity contribution in [3.63, 3.8) is 0 Å². The lowest BCUT2D eigenvalue weighted by Gasteiger charge is -2.33. The lowest BCUT2D eigenvalue weighted by Crippen LogP contribution is -2.38. The molecular formula is C22H25N3O. The van der Waals surface area contributed by atoms with Gasteiger partial charge in [-0.25, -0.2) is 4.98 Å². The van der Waals surface area contributed by atoms with Gasteiger partial charge in [-0.3, -0.25) is 4.79 Å². The fourth-order valence-corrected chi connectivity index (χ4v) is 3.91. The molecule has 2 heterocycles. The molecule has 3 aromatic rings. The minimum atomic E-state index is 0.301. The normalized spacial score (nSPS) is 15.5. The van der Waals surface area contributed by atoms with E-state index in [0.717, 1.165) is 44.3 Å². The summed E-state index contributed by atoms with van der Waals surface area (Å²) < 4.78 is 2.28. The molecule has 4 rings (SSSR count). The number of aromatic nitrogens is 2. The van der Waals surface area contributed by atoms with Crippen LogP contribution in [-0.4, -0.2) is 33.4 Å². The number of hydrogen-bond donors (Lipinski definition) is 0. The molecule has 0 saturated carbocycles. The lowest BCUT2D eigenvalue weighted by molar-refractivity contribution is -0.132. The van der Waals surface area contributed by atoms with Gasteiger partial charge in [-0.05, 0) is 43.4 Å². The van der Waals surface area contributed by atoms with Crippen molar-refractivity contribution in [3.8, 4) is 0 Å². The molecule has 4 heteroatoms. The highest BCUT2D eigenvalue weighted by Gasteiger charge is 2.24. The highest BCUT2D eigenvalue weighted by molar-refractivity contribution is 5.76. The molecule has 0 unspecified atom stereocenters. The molecule has 134 valence electrons. The summed E-state index contributed by atoms with van der Waals surface area (Å²) in [5, 5.41) is 0. The Morgan fingerprint density at radius 2 is 1.73 bits per heavy atom. The van der Waals surface area contributed by atoms with Gasteiger partial charge >= 0.3 is 0 Å². The van der Waals surface area contributed by atoms with Crippen molar-refractivity contribution in [2.75, 3.05) is 13.1 Å². The van der Waals surface area contributed by atoms with Crippen LogP contribution < -0.4 is 0 Å². The predicted molar refractivity (Wildman–Crippen MR) is 104 cm³/mol. The third-order valence-corrected chi connectivity index (χ3v) is 5.39. The zero-order valence-electron chi connectivity index (χ0n) is 15.1. The van der Waals surface area contributed by atoms with E-state index in [9.17, 15) is 4.79 Å². The van der Waals surface area contributed by atoms with E-state index in [1.54, 1.807) is 0 Å². The van der Waals surface area contributed by atoms with Crippen LogP contribution in [0.4, 0.5) is 0 Å². The Bertz CT molecular complexity index is 863. The van der Waals surface area contributed by atoms with Crippen molar-refractivity contribution in [2.45, 2.75) is 38.1 Å². The molecule has 2 aromatic carbocycles. The first-order valence-corrected chi connectivity index (χ1v) is 9.54. The molecule has 1 aromatic heterocycles. The Kier molecular flexibility index (Phi) is 5.00. The highest BCUT2D eigenvalue weighted by atomic mass is 16.2. The van der Waals surface area contributed by atoms with Crippen molar-refractivity contribution in [1.29, 1.82) is 0 Å². The van der Waals surface area contributed by atoms with Gasteiger partial charge in [0, 0.05) is 25.6 Å². The molecule has 1 fully saturated rings. The molecule has 0 bridgehead atoms. The first-order valence-electron chi connectivity index (χ1n) is 9.54. The first kappa shape index (κ1) is 16.8. The van der Waals surface area contributed by atoms with E-state index in [1.165, 1.54) is 11.1 Å². The van der Waals surface area contributed by atoms with Gasteiger partial charge in [0.2, 0.25) is 5.91 Å². The van der Waals surface area contributed by atoms with Crippen LogP contribution in [0.25, 0.3) is 11.0 Å². The Balaban J connectivity index is 1.28. The average molecular weight is 347 g/mol. The number of nitrogens with zero attached hydrogens (tertiary/aromatic N) is 3. The molecule has 1 aliphatic heterocycles. The third kappa shape index (κ3) is 3.64. The fourth-order valence-electron chi connectivity index (χ4n) is 3.91. The summed E-state index contributed by atoms with van der Waals surface area (Å²) in [4.78, 5) is 19.0. The summed E-state index contributed by atoms with van der Waals surface area (Å²) in [5.74, 6) is 0.301. The van der Waals surface area contributed by atoms with Gasteiger partial charge < -0.3 is 9.47 Å². The molecule has 0 aliphatic carbocycles. The van der Waals surface area contributed by atoms with Crippen molar-refractivity contribution in [2.24, 2.45) is 0 Å². The van der Waals surface area contributed by atoms with Crippen LogP contribution in [0.15, 0.2) is 60.9 Å². The summed E-state index contributed by atoms with van der Waals surface area (Å²) >= 11 is 0. The Labute approximate surface area is 154 Å². The van der Waals surface area contributed by atoms with E-state index >= 15 is 0 Å². The summed E-state index contributed by atoms with van der Waals surface area (Å²) in [7, 11) is 0. The zero-order valence-corrected chi connectivity index (χ0v) is 15.1. The number of para-hydroxylation sites is 2. The number of amides is 1. The van der Waals surface area contributed by atoms with Crippen LogP contribution in [0.2, 0.25) is 0 Å². The Morgan fingerprint density at radius 3 is 2.54 bits per heavy atom. The number of carbonyl (C=O) groups is 1. The van der Waals surface area contributed by atoms with E-state index in [2.05, 4.69) is 52.0 Å². The fraction of sp³-hybridized carbons (Fsp3) is 0.364. The maximum atomic E-state index is 12.5. The lowest BCUT2D eigenvalue weighted by atomic mass is 10.0. The summed E-state index contributed by atoms with van der Waals surface area (Å²) in [6.45, 7) is 1.70. The third-order valence-electron chi connectivity index (χ3n) is 5.39. The smallest absolute Gasteiger partial charge is 0.222 e. The number of fused-ring (bicyclic) bond motifs is 1. The Morgan fingerprint density at radius 1 is 1.00 bits per heavy atom. The molecule has 1 saturated heterocycles. The van der Waals surface area contributed by atoms with Crippen molar-refractivity contribution in [1.82, 2.24) is 14.5 Å². The minimum Gasteiger partial charge on any atom is -0.343 e. The summed E-state index contributed by atoms with van der Waals surface area (Å²) in [6.07, 6.45) is 6.51. The van der Waals surface area contributed by atoms with Gasteiger partial charge in [0.25, 0.3) is 0 Å². The summed E-state index contributed by atoms with van der Waals surface area (Å²) in [5.41, 5.74) is 3.55. The SMILES string of the molecule is O=C(CCCc1ccccc1)N1CCC(n2cnc3ccccc32)CC1. The largest absolute Gasteiger partial charge is 0.343 e. The van der Waals surface area contributed by atoms with Crippen LogP contribution >= 0.6 is 0 Å². The second-order valence-electron chi connectivity index (χ2n) is 7.09. The van der Waals surface area contributed by atoms with Crippen molar-refractivity contribution in [3.05, 3.63) is 66.5 Å². The van der Waals surface area contributed by atoms with E-state index in [4.69, 9.17) is 0 Å². The van der Waals surface area contributed by atoms with Gasteiger partial charge in [0.05, 0.1) is 17.4 Å². The van der Waals surface area contributed by atoms with E-state index in [0.29, 0.717) is 18.4 Å². The molecular weight excluding hydrogens is 322 g/mol. The van der Waals surface area contributed by atoms with E-state index in [-0.39, 0.29) is 0 Å². The number of benzene rings is 2. The second-order valence-corrected chi connectivity index (χ2v) is 7.09. The van der Waals surface area contributed by atoms with Crippen LogP contribution in [-0.2, 0) is 11.2 Å². The summed E-state index contributed by atoms with van der Waals surface area (Å²) in [6, 6.07) is 19.1. The van der Waals surface area contributed by atoms with Gasteiger partial charge in [0.1, 0.15) is 0 Å². The van der Waals surface area contributed by atoms with Gasteiger partial charge in [-0.15, -0.1) is 0 Å². The number of rotatable bonds is 5. The molecule has 1 aliphatic rings. The first-order chi connectivity index (χ1) is 12.8. The van der Waals surface area contributed by atoms with Crippen LogP contribution in [0.1, 0.15) is 37.3 Å². The van der Waals surface area contributed by atoms with E-state index in [1.807, 2.05) is 23.4 Å². The quantitative estimate of drug-likeness (QED) is 0.693. The predicted octanol–water partition coefficient (Wildman–Crippen LogP) is 4.22. The number of aryl methyl sites for hydroxylation is 1. The molecule has 26 heavy (non-hydrogen) atoms. The molecule has 0 N–H and O–H groups in total. The zero-order chi connectivity index (χ0) is 17.8. The highest BCUT2D eigenvalue weighted by Crippen LogP contribution is 2.26. The average Bonchev–Trinajstić information content (AvgIpc) is 3.13.